The van der Waals surface area contributed by atoms with Crippen molar-refractivity contribution in [2.45, 2.75) is 33.2 Å². The predicted octanol–water partition coefficient (Wildman–Crippen LogP) is 4.51. The molecule has 0 radical (unpaired) electrons. The number of para-hydroxylation sites is 1. The summed E-state index contributed by atoms with van der Waals surface area (Å²) in [5, 5.41) is 4.41. The molecule has 4 rings (SSSR count). The number of fused-ring (bicyclic) bond motifs is 3. The van der Waals surface area contributed by atoms with Gasteiger partial charge in [-0.15, -0.1) is 0 Å². The number of hydrogen-bond acceptors (Lipinski definition) is 3. The molecule has 1 atom stereocenters. The summed E-state index contributed by atoms with van der Waals surface area (Å²) < 4.78 is 3.77. The summed E-state index contributed by atoms with van der Waals surface area (Å²) in [7, 11) is 0. The lowest BCUT2D eigenvalue weighted by Gasteiger charge is -2.21. The standard InChI is InChI=1S/C22H21ClN4O2/c1-4-18(22(29)24-17-12-15(23)10-9-13(17)2)27-19-8-6-5-7-16(19)21-25-20(28)11-14(3)26(21)27/h5-12,18H,4H2,1-3H3,(H,24,29)/t18-/m0/s1. The molecule has 2 aromatic carbocycles. The van der Waals surface area contributed by atoms with E-state index in [0.717, 1.165) is 22.2 Å². The molecule has 1 N–H and O–H groups in total. The zero-order valence-corrected chi connectivity index (χ0v) is 17.2. The van der Waals surface area contributed by atoms with Crippen molar-refractivity contribution in [3.63, 3.8) is 0 Å². The molecule has 0 aliphatic rings. The molecule has 0 aliphatic heterocycles. The van der Waals surface area contributed by atoms with Crippen LogP contribution in [0, 0.1) is 13.8 Å². The Morgan fingerprint density at radius 3 is 2.69 bits per heavy atom. The van der Waals surface area contributed by atoms with Gasteiger partial charge in [-0.1, -0.05) is 36.7 Å². The molecule has 4 aromatic rings. The minimum atomic E-state index is -0.501. The number of nitrogens with zero attached hydrogens (tertiary/aromatic N) is 3. The van der Waals surface area contributed by atoms with E-state index < -0.39 is 6.04 Å². The summed E-state index contributed by atoms with van der Waals surface area (Å²) in [6, 6.07) is 14.1. The highest BCUT2D eigenvalue weighted by Crippen LogP contribution is 2.28. The zero-order valence-electron chi connectivity index (χ0n) is 16.4. The number of halogens is 1. The maximum absolute atomic E-state index is 13.3. The summed E-state index contributed by atoms with van der Waals surface area (Å²) in [6.45, 7) is 5.73. The predicted molar refractivity (Wildman–Crippen MR) is 116 cm³/mol. The smallest absolute Gasteiger partial charge is 0.273 e. The summed E-state index contributed by atoms with van der Waals surface area (Å²) in [4.78, 5) is 29.5. The number of amides is 1. The van der Waals surface area contributed by atoms with Gasteiger partial charge in [-0.3, -0.25) is 14.3 Å². The molecule has 0 bridgehead atoms. The molecule has 0 spiro atoms. The van der Waals surface area contributed by atoms with E-state index in [2.05, 4.69) is 10.3 Å². The first kappa shape index (κ1) is 19.2. The molecule has 148 valence electrons. The Kier molecular flexibility index (Phi) is 4.88. The van der Waals surface area contributed by atoms with Gasteiger partial charge in [-0.05, 0) is 50.1 Å². The molecule has 0 fully saturated rings. The van der Waals surface area contributed by atoms with Crippen molar-refractivity contribution in [3.8, 4) is 0 Å². The first-order valence-electron chi connectivity index (χ1n) is 9.47. The number of aryl methyl sites for hydroxylation is 2. The van der Waals surface area contributed by atoms with Crippen LogP contribution in [0.1, 0.15) is 30.6 Å². The van der Waals surface area contributed by atoms with E-state index in [9.17, 15) is 9.59 Å². The maximum atomic E-state index is 13.3. The maximum Gasteiger partial charge on any atom is 0.273 e. The number of carbonyl (C=O) groups is 1. The van der Waals surface area contributed by atoms with Crippen LogP contribution >= 0.6 is 11.6 Å². The summed E-state index contributed by atoms with van der Waals surface area (Å²) >= 11 is 6.11. The number of anilines is 1. The highest BCUT2D eigenvalue weighted by molar-refractivity contribution is 6.31. The Bertz CT molecular complexity index is 1310. The lowest BCUT2D eigenvalue weighted by molar-refractivity contribution is -0.119. The molecule has 2 heterocycles. The van der Waals surface area contributed by atoms with Gasteiger partial charge in [-0.2, -0.15) is 4.98 Å². The Morgan fingerprint density at radius 1 is 1.17 bits per heavy atom. The molecule has 6 nitrogen and oxygen atoms in total. The highest BCUT2D eigenvalue weighted by atomic mass is 35.5. The fourth-order valence-electron chi connectivity index (χ4n) is 3.73. The molecular weight excluding hydrogens is 388 g/mol. The zero-order chi connectivity index (χ0) is 20.7. The lowest BCUT2D eigenvalue weighted by atomic mass is 10.1. The van der Waals surface area contributed by atoms with Crippen LogP contribution in [-0.2, 0) is 4.79 Å². The monoisotopic (exact) mass is 408 g/mol. The third kappa shape index (κ3) is 3.29. The number of carbonyl (C=O) groups excluding carboxylic acids is 1. The van der Waals surface area contributed by atoms with Gasteiger partial charge in [0.1, 0.15) is 6.04 Å². The van der Waals surface area contributed by atoms with Crippen LogP contribution in [0.2, 0.25) is 5.02 Å². The van der Waals surface area contributed by atoms with E-state index >= 15 is 0 Å². The molecule has 2 aromatic heterocycles. The number of aromatic nitrogens is 3. The fraction of sp³-hybridized carbons (Fsp3) is 0.227. The average Bonchev–Trinajstić information content (AvgIpc) is 3.00. The van der Waals surface area contributed by atoms with Gasteiger partial charge in [0.25, 0.3) is 5.56 Å². The van der Waals surface area contributed by atoms with Gasteiger partial charge in [0.05, 0.1) is 5.52 Å². The second-order valence-electron chi connectivity index (χ2n) is 7.11. The van der Waals surface area contributed by atoms with Crippen molar-refractivity contribution in [1.82, 2.24) is 14.2 Å². The Labute approximate surface area is 172 Å². The fourth-order valence-corrected chi connectivity index (χ4v) is 3.90. The summed E-state index contributed by atoms with van der Waals surface area (Å²) in [5.74, 6) is -0.154. The first-order valence-corrected chi connectivity index (χ1v) is 9.85. The number of benzene rings is 2. The van der Waals surface area contributed by atoms with E-state index in [0.29, 0.717) is 22.8 Å². The summed E-state index contributed by atoms with van der Waals surface area (Å²) in [6.07, 6.45) is 0.560. The minimum absolute atomic E-state index is 0.154. The number of nitrogens with one attached hydrogen (secondary N) is 1. The third-order valence-corrected chi connectivity index (χ3v) is 5.37. The molecule has 0 saturated carbocycles. The quantitative estimate of drug-likeness (QED) is 0.540. The average molecular weight is 409 g/mol. The van der Waals surface area contributed by atoms with Crippen molar-refractivity contribution in [1.29, 1.82) is 0 Å². The minimum Gasteiger partial charge on any atom is -0.324 e. The molecule has 1 amide bonds. The second-order valence-corrected chi connectivity index (χ2v) is 7.54. The number of hydrogen-bond donors (Lipinski definition) is 1. The van der Waals surface area contributed by atoms with Crippen molar-refractivity contribution in [3.05, 3.63) is 75.2 Å². The molecule has 0 aliphatic carbocycles. The first-order chi connectivity index (χ1) is 13.9. The van der Waals surface area contributed by atoms with Gasteiger partial charge >= 0.3 is 0 Å². The second kappa shape index (κ2) is 7.37. The SMILES string of the molecule is CC[C@@H](C(=O)Nc1cc(Cl)ccc1C)n1c2ccccc2c2nc(=O)cc(C)n21. The van der Waals surface area contributed by atoms with Crippen LogP contribution in [0.3, 0.4) is 0 Å². The van der Waals surface area contributed by atoms with Gasteiger partial charge < -0.3 is 5.32 Å². The topological polar surface area (TPSA) is 68.4 Å². The van der Waals surface area contributed by atoms with Gasteiger partial charge in [0.2, 0.25) is 5.91 Å². The van der Waals surface area contributed by atoms with Crippen LogP contribution in [0.15, 0.2) is 53.3 Å². The normalized spacial score (nSPS) is 12.4. The molecular formula is C22H21ClN4O2. The van der Waals surface area contributed by atoms with E-state index in [1.54, 1.807) is 12.1 Å². The Hall–Kier alpha value is -3.12. The van der Waals surface area contributed by atoms with E-state index in [4.69, 9.17) is 11.6 Å². The van der Waals surface area contributed by atoms with Crippen LogP contribution in [0.25, 0.3) is 16.6 Å². The van der Waals surface area contributed by atoms with Crippen LogP contribution < -0.4 is 10.9 Å². The molecule has 0 unspecified atom stereocenters. The highest BCUT2D eigenvalue weighted by Gasteiger charge is 2.25. The number of rotatable bonds is 4. The van der Waals surface area contributed by atoms with Crippen LogP contribution in [0.4, 0.5) is 5.69 Å². The van der Waals surface area contributed by atoms with Gasteiger partial charge in [0, 0.05) is 27.9 Å². The van der Waals surface area contributed by atoms with Crippen molar-refractivity contribution >= 4 is 39.7 Å². The summed E-state index contributed by atoms with van der Waals surface area (Å²) in [5.41, 5.74) is 3.44. The van der Waals surface area contributed by atoms with E-state index in [1.165, 1.54) is 6.07 Å². The van der Waals surface area contributed by atoms with Gasteiger partial charge in [0.15, 0.2) is 5.65 Å². The van der Waals surface area contributed by atoms with Crippen molar-refractivity contribution in [2.75, 3.05) is 5.32 Å². The van der Waals surface area contributed by atoms with Gasteiger partial charge in [-0.25, -0.2) is 4.52 Å². The molecule has 0 saturated heterocycles. The third-order valence-electron chi connectivity index (χ3n) is 5.13. The van der Waals surface area contributed by atoms with Crippen molar-refractivity contribution in [2.24, 2.45) is 0 Å². The van der Waals surface area contributed by atoms with Crippen LogP contribution in [0.5, 0.6) is 0 Å². The van der Waals surface area contributed by atoms with Crippen LogP contribution in [-0.4, -0.2) is 20.1 Å². The van der Waals surface area contributed by atoms with E-state index in [-0.39, 0.29) is 11.5 Å². The van der Waals surface area contributed by atoms with E-state index in [1.807, 2.05) is 60.3 Å². The Morgan fingerprint density at radius 2 is 1.93 bits per heavy atom. The molecule has 7 heteroatoms. The lowest BCUT2D eigenvalue weighted by Crippen LogP contribution is -2.29. The van der Waals surface area contributed by atoms with Crippen molar-refractivity contribution < 1.29 is 4.79 Å². The Balaban J connectivity index is 1.90. The largest absolute Gasteiger partial charge is 0.324 e. The molecule has 29 heavy (non-hydrogen) atoms.